The van der Waals surface area contributed by atoms with Crippen molar-refractivity contribution in [2.75, 3.05) is 0 Å². The van der Waals surface area contributed by atoms with Crippen molar-refractivity contribution in [1.82, 2.24) is 0 Å². The van der Waals surface area contributed by atoms with Crippen LogP contribution in [-0.4, -0.2) is 12.1 Å². The Morgan fingerprint density at radius 1 is 1.58 bits per heavy atom. The van der Waals surface area contributed by atoms with Crippen molar-refractivity contribution in [3.05, 3.63) is 22.2 Å². The van der Waals surface area contributed by atoms with Crippen LogP contribution in [0.3, 0.4) is 0 Å². The molecule has 1 atom stereocenters. The van der Waals surface area contributed by atoms with Gasteiger partial charge in [0.1, 0.15) is 6.17 Å². The van der Waals surface area contributed by atoms with E-state index in [1.807, 2.05) is 0 Å². The van der Waals surface area contributed by atoms with Crippen molar-refractivity contribution in [3.8, 4) is 0 Å². The van der Waals surface area contributed by atoms with E-state index in [0.717, 1.165) is 13.0 Å². The van der Waals surface area contributed by atoms with Crippen LogP contribution >= 0.6 is 15.9 Å². The summed E-state index contributed by atoms with van der Waals surface area (Å²) in [6, 6.07) is 0. The van der Waals surface area contributed by atoms with Gasteiger partial charge in [-0.3, -0.25) is 0 Å². The maximum Gasteiger partial charge on any atom is 0.271 e. The second kappa shape index (κ2) is 3.24. The summed E-state index contributed by atoms with van der Waals surface area (Å²) in [6.45, 7) is 0.756. The van der Waals surface area contributed by atoms with Crippen LogP contribution in [0.25, 0.3) is 0 Å². The molecule has 1 unspecified atom stereocenters. The van der Waals surface area contributed by atoms with Gasteiger partial charge in [0, 0.05) is 23.4 Å². The molecule has 0 heterocycles. The highest BCUT2D eigenvalue weighted by molar-refractivity contribution is 9.12. The number of alkyl halides is 3. The monoisotopic (exact) mass is 240 g/mol. The molecule has 1 rings (SSSR count). The third-order valence-corrected chi connectivity index (χ3v) is 2.35. The van der Waals surface area contributed by atoms with Crippen molar-refractivity contribution in [1.29, 1.82) is 0 Å². The number of hydrogen-bond donors (Lipinski definition) is 0. The van der Waals surface area contributed by atoms with Gasteiger partial charge in [-0.25, -0.2) is 13.2 Å². The van der Waals surface area contributed by atoms with Crippen LogP contribution in [0, 0.1) is 0 Å². The van der Waals surface area contributed by atoms with Gasteiger partial charge in [-0.2, -0.15) is 0 Å². The fourth-order valence-electron chi connectivity index (χ4n) is 1.01. The largest absolute Gasteiger partial charge is 0.271 e. The van der Waals surface area contributed by atoms with Gasteiger partial charge in [0.05, 0.1) is 0 Å². The molecule has 0 aliphatic heterocycles. The second-order valence-electron chi connectivity index (χ2n) is 2.77. The second-order valence-corrected chi connectivity index (χ2v) is 3.63. The van der Waals surface area contributed by atoms with E-state index in [-0.39, 0.29) is 12.0 Å². The molecule has 0 N–H and O–H groups in total. The van der Waals surface area contributed by atoms with Crippen LogP contribution < -0.4 is 0 Å². The fraction of sp³-hybridized carbons (Fsp3) is 0.500. The van der Waals surface area contributed by atoms with E-state index in [1.165, 1.54) is 6.08 Å². The van der Waals surface area contributed by atoms with E-state index >= 15 is 0 Å². The number of halogens is 4. The molecule has 0 fully saturated rings. The Balaban J connectivity index is 2.94. The van der Waals surface area contributed by atoms with Crippen molar-refractivity contribution in [2.24, 2.45) is 0 Å². The molecule has 0 aromatic heterocycles. The SMILES string of the molecule is CC(F)(F)C1=CC(F)CC=C1Br. The zero-order valence-corrected chi connectivity index (χ0v) is 8.04. The molecule has 1 aliphatic rings. The van der Waals surface area contributed by atoms with Crippen LogP contribution in [0.5, 0.6) is 0 Å². The summed E-state index contributed by atoms with van der Waals surface area (Å²) in [5.74, 6) is -2.97. The molecule has 4 heteroatoms. The molecule has 0 bridgehead atoms. The Morgan fingerprint density at radius 2 is 2.17 bits per heavy atom. The van der Waals surface area contributed by atoms with E-state index < -0.39 is 12.1 Å². The Bertz CT molecular complexity index is 237. The minimum atomic E-state index is -2.97. The zero-order chi connectivity index (χ0) is 9.35. The lowest BCUT2D eigenvalue weighted by Gasteiger charge is -2.19. The van der Waals surface area contributed by atoms with E-state index in [2.05, 4.69) is 15.9 Å². The normalized spacial score (nSPS) is 24.9. The minimum Gasteiger partial charge on any atom is -0.243 e. The smallest absolute Gasteiger partial charge is 0.243 e. The van der Waals surface area contributed by atoms with Gasteiger partial charge in [0.25, 0.3) is 5.92 Å². The van der Waals surface area contributed by atoms with Gasteiger partial charge in [-0.05, 0) is 6.08 Å². The molecule has 68 valence electrons. The topological polar surface area (TPSA) is 0 Å². The Labute approximate surface area is 77.3 Å². The molecule has 0 radical (unpaired) electrons. The highest BCUT2D eigenvalue weighted by atomic mass is 79.9. The first-order chi connectivity index (χ1) is 5.41. The van der Waals surface area contributed by atoms with Crippen molar-refractivity contribution in [2.45, 2.75) is 25.4 Å². The van der Waals surface area contributed by atoms with Gasteiger partial charge in [-0.1, -0.05) is 22.0 Å². The molecule has 0 saturated heterocycles. The fourth-order valence-corrected chi connectivity index (χ4v) is 1.68. The maximum absolute atomic E-state index is 12.7. The van der Waals surface area contributed by atoms with Crippen LogP contribution in [0.2, 0.25) is 0 Å². The molecule has 1 aliphatic carbocycles. The first-order valence-electron chi connectivity index (χ1n) is 3.51. The first kappa shape index (κ1) is 9.84. The van der Waals surface area contributed by atoms with Gasteiger partial charge < -0.3 is 0 Å². The van der Waals surface area contributed by atoms with E-state index in [0.29, 0.717) is 4.48 Å². The predicted molar refractivity (Wildman–Crippen MR) is 45.2 cm³/mol. The lowest BCUT2D eigenvalue weighted by Crippen LogP contribution is -2.18. The van der Waals surface area contributed by atoms with Crippen molar-refractivity contribution >= 4 is 15.9 Å². The summed E-state index contributed by atoms with van der Waals surface area (Å²) in [7, 11) is 0. The third-order valence-electron chi connectivity index (χ3n) is 1.60. The van der Waals surface area contributed by atoms with Crippen LogP contribution in [0.4, 0.5) is 13.2 Å². The van der Waals surface area contributed by atoms with E-state index in [4.69, 9.17) is 0 Å². The molecule has 0 spiro atoms. The minimum absolute atomic E-state index is 0.167. The summed E-state index contributed by atoms with van der Waals surface area (Å²) in [5.41, 5.74) is -0.263. The Morgan fingerprint density at radius 3 is 2.58 bits per heavy atom. The lowest BCUT2D eigenvalue weighted by atomic mass is 10.0. The number of rotatable bonds is 1. The predicted octanol–water partition coefficient (Wildman–Crippen LogP) is 3.59. The molecule has 0 nitrogen and oxygen atoms in total. The Kier molecular flexibility index (Phi) is 2.66. The Hall–Kier alpha value is -0.250. The number of allylic oxidation sites excluding steroid dienone is 4. The highest BCUT2D eigenvalue weighted by Gasteiger charge is 2.31. The average molecular weight is 241 g/mol. The highest BCUT2D eigenvalue weighted by Crippen LogP contribution is 2.36. The van der Waals surface area contributed by atoms with Crippen LogP contribution in [0.15, 0.2) is 22.2 Å². The third kappa shape index (κ3) is 2.12. The lowest BCUT2D eigenvalue weighted by molar-refractivity contribution is 0.0654. The standard InChI is InChI=1S/C8H8BrF3/c1-8(11,12)6-4-5(10)2-3-7(6)9/h3-5H,2H2,1H3. The van der Waals surface area contributed by atoms with Crippen LogP contribution in [-0.2, 0) is 0 Å². The molecular formula is C8H8BrF3. The van der Waals surface area contributed by atoms with E-state index in [1.54, 1.807) is 0 Å². The molecule has 0 saturated carbocycles. The van der Waals surface area contributed by atoms with Gasteiger partial charge in [-0.15, -0.1) is 0 Å². The van der Waals surface area contributed by atoms with Crippen molar-refractivity contribution < 1.29 is 13.2 Å². The summed E-state index contributed by atoms with van der Waals surface area (Å²) < 4.78 is 38.4. The summed E-state index contributed by atoms with van der Waals surface area (Å²) >= 11 is 2.96. The number of hydrogen-bond acceptors (Lipinski definition) is 0. The molecular weight excluding hydrogens is 233 g/mol. The maximum atomic E-state index is 12.7. The summed E-state index contributed by atoms with van der Waals surface area (Å²) in [6.07, 6.45) is 1.27. The zero-order valence-electron chi connectivity index (χ0n) is 6.45. The van der Waals surface area contributed by atoms with Crippen molar-refractivity contribution in [3.63, 3.8) is 0 Å². The molecule has 12 heavy (non-hydrogen) atoms. The molecule has 0 amide bonds. The van der Waals surface area contributed by atoms with Gasteiger partial charge in [0.2, 0.25) is 0 Å². The molecule has 0 aromatic rings. The first-order valence-corrected chi connectivity index (χ1v) is 4.31. The van der Waals surface area contributed by atoms with E-state index in [9.17, 15) is 13.2 Å². The quantitative estimate of drug-likeness (QED) is 0.658. The summed E-state index contributed by atoms with van der Waals surface area (Å²) in [4.78, 5) is 0. The summed E-state index contributed by atoms with van der Waals surface area (Å²) in [5, 5.41) is 0. The molecule has 0 aromatic carbocycles. The van der Waals surface area contributed by atoms with Gasteiger partial charge in [0.15, 0.2) is 0 Å². The van der Waals surface area contributed by atoms with Crippen LogP contribution in [0.1, 0.15) is 13.3 Å². The van der Waals surface area contributed by atoms with Gasteiger partial charge >= 0.3 is 0 Å². The average Bonchev–Trinajstić information content (AvgIpc) is 1.92.